The Kier molecular flexibility index (Phi) is 4.75. The first-order chi connectivity index (χ1) is 13.4. The van der Waals surface area contributed by atoms with Crippen molar-refractivity contribution < 1.29 is 9.18 Å². The fourth-order valence-electron chi connectivity index (χ4n) is 4.03. The third-order valence-electron chi connectivity index (χ3n) is 5.56. The van der Waals surface area contributed by atoms with Crippen LogP contribution in [0.15, 0.2) is 30.5 Å². The van der Waals surface area contributed by atoms with Crippen molar-refractivity contribution in [2.75, 3.05) is 0 Å². The van der Waals surface area contributed by atoms with Gasteiger partial charge >= 0.3 is 0 Å². The number of benzene rings is 1. The smallest absolute Gasteiger partial charge is 0.225 e. The molecule has 1 unspecified atom stereocenters. The molecule has 28 heavy (non-hydrogen) atoms. The molecule has 1 aliphatic carbocycles. The van der Waals surface area contributed by atoms with Gasteiger partial charge in [0, 0.05) is 29.6 Å². The Hall–Kier alpha value is -2.96. The molecule has 0 saturated heterocycles. The molecule has 0 aliphatic heterocycles. The van der Waals surface area contributed by atoms with Gasteiger partial charge in [-0.1, -0.05) is 0 Å². The Labute approximate surface area is 163 Å². The van der Waals surface area contributed by atoms with Crippen molar-refractivity contribution in [3.8, 4) is 5.69 Å². The highest BCUT2D eigenvalue weighted by molar-refractivity contribution is 5.79. The Morgan fingerprint density at radius 1 is 1.29 bits per heavy atom. The lowest BCUT2D eigenvalue weighted by atomic mass is 9.92. The summed E-state index contributed by atoms with van der Waals surface area (Å²) in [5.74, 6) is -0.307. The first-order valence-electron chi connectivity index (χ1n) is 9.55. The summed E-state index contributed by atoms with van der Waals surface area (Å²) in [7, 11) is 1.94. The van der Waals surface area contributed by atoms with Crippen LogP contribution in [0.5, 0.6) is 0 Å². The molecular formula is C21H24FN5O. The van der Waals surface area contributed by atoms with Gasteiger partial charge < -0.3 is 5.32 Å². The topological polar surface area (TPSA) is 64.7 Å². The molecule has 6 nitrogen and oxygen atoms in total. The van der Waals surface area contributed by atoms with Gasteiger partial charge in [0.1, 0.15) is 5.82 Å². The lowest BCUT2D eigenvalue weighted by molar-refractivity contribution is -0.121. The number of carbonyl (C=O) groups excluding carboxylic acids is 1. The monoisotopic (exact) mass is 381 g/mol. The van der Waals surface area contributed by atoms with E-state index >= 15 is 0 Å². The van der Waals surface area contributed by atoms with Crippen LogP contribution in [0.3, 0.4) is 0 Å². The van der Waals surface area contributed by atoms with Gasteiger partial charge in [0.05, 0.1) is 30.0 Å². The predicted octanol–water partition coefficient (Wildman–Crippen LogP) is 3.10. The maximum Gasteiger partial charge on any atom is 0.225 e. The minimum absolute atomic E-state index is 0.0118. The minimum Gasteiger partial charge on any atom is -0.349 e. The minimum atomic E-state index is -0.285. The van der Waals surface area contributed by atoms with Crippen molar-refractivity contribution in [2.24, 2.45) is 7.05 Å². The predicted molar refractivity (Wildman–Crippen MR) is 104 cm³/mol. The van der Waals surface area contributed by atoms with Crippen LogP contribution in [-0.4, -0.2) is 25.5 Å². The molecular weight excluding hydrogens is 357 g/mol. The second-order valence-corrected chi connectivity index (χ2v) is 7.40. The fraction of sp³-hybridized carbons (Fsp3) is 0.381. The number of amides is 1. The SMILES string of the molecule is Cc1nn(-c2ccc(F)cc2)c(C)c1CC(=O)NC1CCCc2c1cnn2C. The molecule has 7 heteroatoms. The van der Waals surface area contributed by atoms with Crippen molar-refractivity contribution >= 4 is 5.91 Å². The number of carbonyl (C=O) groups is 1. The van der Waals surface area contributed by atoms with Crippen molar-refractivity contribution in [3.63, 3.8) is 0 Å². The number of hydrogen-bond acceptors (Lipinski definition) is 3. The highest BCUT2D eigenvalue weighted by atomic mass is 19.1. The second kappa shape index (κ2) is 7.22. The van der Waals surface area contributed by atoms with Crippen LogP contribution >= 0.6 is 0 Å². The first kappa shape index (κ1) is 18.4. The summed E-state index contributed by atoms with van der Waals surface area (Å²) in [5, 5.41) is 12.1. The van der Waals surface area contributed by atoms with Gasteiger partial charge in [0.2, 0.25) is 5.91 Å². The zero-order valence-electron chi connectivity index (χ0n) is 16.4. The van der Waals surface area contributed by atoms with E-state index in [4.69, 9.17) is 0 Å². The van der Waals surface area contributed by atoms with E-state index < -0.39 is 0 Å². The molecule has 1 N–H and O–H groups in total. The number of nitrogens with zero attached hydrogens (tertiary/aromatic N) is 4. The summed E-state index contributed by atoms with van der Waals surface area (Å²) in [5.41, 5.74) is 5.71. The average Bonchev–Trinajstić information content (AvgIpc) is 3.18. The van der Waals surface area contributed by atoms with Crippen molar-refractivity contribution in [1.82, 2.24) is 24.9 Å². The Morgan fingerprint density at radius 2 is 2.04 bits per heavy atom. The standard InChI is InChI=1S/C21H24FN5O/c1-13-17(14(2)27(25-13)16-9-7-15(22)8-10-16)11-21(28)24-19-5-4-6-20-18(19)12-23-26(20)3/h7-10,12,19H,4-6,11H2,1-3H3,(H,24,28). The number of fused-ring (bicyclic) bond motifs is 1. The van der Waals surface area contributed by atoms with E-state index in [1.54, 1.807) is 16.8 Å². The van der Waals surface area contributed by atoms with Crippen molar-refractivity contribution in [1.29, 1.82) is 0 Å². The molecule has 0 fully saturated rings. The molecule has 1 atom stereocenters. The summed E-state index contributed by atoms with van der Waals surface area (Å²) in [6.07, 6.45) is 5.10. The number of nitrogens with one attached hydrogen (secondary N) is 1. The van der Waals surface area contributed by atoms with E-state index in [1.807, 2.05) is 31.8 Å². The van der Waals surface area contributed by atoms with Gasteiger partial charge in [-0.2, -0.15) is 10.2 Å². The molecule has 4 rings (SSSR count). The first-order valence-corrected chi connectivity index (χ1v) is 9.55. The second-order valence-electron chi connectivity index (χ2n) is 7.40. The molecule has 0 saturated carbocycles. The van der Waals surface area contributed by atoms with E-state index in [9.17, 15) is 9.18 Å². The number of halogens is 1. The highest BCUT2D eigenvalue weighted by Crippen LogP contribution is 2.29. The van der Waals surface area contributed by atoms with Crippen LogP contribution in [-0.2, 0) is 24.7 Å². The quantitative estimate of drug-likeness (QED) is 0.755. The van der Waals surface area contributed by atoms with Gasteiger partial charge in [-0.05, 0) is 57.4 Å². The van der Waals surface area contributed by atoms with Crippen LogP contribution in [0.2, 0.25) is 0 Å². The third kappa shape index (κ3) is 3.32. The summed E-state index contributed by atoms with van der Waals surface area (Å²) >= 11 is 0. The molecule has 0 spiro atoms. The van der Waals surface area contributed by atoms with Gasteiger partial charge in [-0.3, -0.25) is 9.48 Å². The van der Waals surface area contributed by atoms with Crippen molar-refractivity contribution in [3.05, 3.63) is 64.5 Å². The van der Waals surface area contributed by atoms with Crippen LogP contribution in [0.4, 0.5) is 4.39 Å². The van der Waals surface area contributed by atoms with Gasteiger partial charge in [0.25, 0.3) is 0 Å². The lowest BCUT2D eigenvalue weighted by Gasteiger charge is -2.23. The number of aromatic nitrogens is 4. The molecule has 1 amide bonds. The Bertz CT molecular complexity index is 1020. The van der Waals surface area contributed by atoms with Gasteiger partial charge in [0.15, 0.2) is 0 Å². The zero-order valence-corrected chi connectivity index (χ0v) is 16.4. The molecule has 3 aromatic rings. The Morgan fingerprint density at radius 3 is 2.79 bits per heavy atom. The third-order valence-corrected chi connectivity index (χ3v) is 5.56. The molecule has 2 heterocycles. The summed E-state index contributed by atoms with van der Waals surface area (Å²) < 4.78 is 16.9. The highest BCUT2D eigenvalue weighted by Gasteiger charge is 2.25. The van der Waals surface area contributed by atoms with E-state index in [-0.39, 0.29) is 24.2 Å². The molecule has 146 valence electrons. The molecule has 1 aliphatic rings. The summed E-state index contributed by atoms with van der Waals surface area (Å²) in [6.45, 7) is 3.83. The van der Waals surface area contributed by atoms with Crippen LogP contribution in [0.25, 0.3) is 5.69 Å². The van der Waals surface area contributed by atoms with E-state index in [1.165, 1.54) is 17.8 Å². The fourth-order valence-corrected chi connectivity index (χ4v) is 4.03. The maximum absolute atomic E-state index is 13.2. The van der Waals surface area contributed by atoms with Crippen LogP contribution in [0, 0.1) is 19.7 Å². The number of hydrogen-bond donors (Lipinski definition) is 1. The average molecular weight is 381 g/mol. The lowest BCUT2D eigenvalue weighted by Crippen LogP contribution is -2.32. The normalized spacial score (nSPS) is 16.1. The van der Waals surface area contributed by atoms with E-state index in [0.29, 0.717) is 0 Å². The number of rotatable bonds is 4. The van der Waals surface area contributed by atoms with E-state index in [0.717, 1.165) is 47.5 Å². The largest absolute Gasteiger partial charge is 0.349 e. The zero-order chi connectivity index (χ0) is 19.8. The van der Waals surface area contributed by atoms with Gasteiger partial charge in [-0.25, -0.2) is 9.07 Å². The number of aryl methyl sites for hydroxylation is 2. The Balaban J connectivity index is 1.52. The van der Waals surface area contributed by atoms with E-state index in [2.05, 4.69) is 15.5 Å². The van der Waals surface area contributed by atoms with Crippen LogP contribution in [0.1, 0.15) is 47.1 Å². The van der Waals surface area contributed by atoms with Gasteiger partial charge in [-0.15, -0.1) is 0 Å². The molecule has 0 radical (unpaired) electrons. The summed E-state index contributed by atoms with van der Waals surface area (Å²) in [4.78, 5) is 12.8. The molecule has 0 bridgehead atoms. The van der Waals surface area contributed by atoms with Crippen LogP contribution < -0.4 is 5.32 Å². The maximum atomic E-state index is 13.2. The molecule has 1 aromatic carbocycles. The summed E-state index contributed by atoms with van der Waals surface area (Å²) in [6, 6.07) is 6.20. The van der Waals surface area contributed by atoms with Crippen molar-refractivity contribution in [2.45, 2.75) is 45.6 Å². The molecule has 2 aromatic heterocycles.